The maximum Gasteiger partial charge on any atom is 0.160 e. The molecule has 0 atom stereocenters. The molecule has 9 aromatic carbocycles. The SMILES string of the molecule is c1ccc(-c2ccc(-c3cc(-c4ccc(-c5cccc6c5sc5ccc7c(-c8ccccc8)nc8ccccc8c7c56)cc4)nc(-c4ccc(-c5ccccc5)cc4)n3)cc2)cc1. The number of para-hydroxylation sites is 1. The zero-order valence-corrected chi connectivity index (χ0v) is 34.9. The van der Waals surface area contributed by atoms with Gasteiger partial charge in [-0.15, -0.1) is 11.3 Å². The Morgan fingerprint density at radius 3 is 1.41 bits per heavy atom. The largest absolute Gasteiger partial charge is 0.247 e. The van der Waals surface area contributed by atoms with E-state index in [2.05, 4.69) is 212 Å². The van der Waals surface area contributed by atoms with E-state index in [0.29, 0.717) is 5.82 Å². The van der Waals surface area contributed by atoms with Crippen LogP contribution in [-0.2, 0) is 0 Å². The summed E-state index contributed by atoms with van der Waals surface area (Å²) in [5, 5.41) is 6.16. The molecule has 0 amide bonds. The summed E-state index contributed by atoms with van der Waals surface area (Å²) in [7, 11) is 0. The average Bonchev–Trinajstić information content (AvgIpc) is 3.76. The predicted octanol–water partition coefficient (Wildman–Crippen LogP) is 16.2. The highest BCUT2D eigenvalue weighted by atomic mass is 32.1. The molecule has 0 aliphatic rings. The van der Waals surface area contributed by atoms with Gasteiger partial charge in [0.15, 0.2) is 5.82 Å². The van der Waals surface area contributed by atoms with Gasteiger partial charge in [-0.2, -0.15) is 0 Å². The molecular formula is C59H37N3S. The van der Waals surface area contributed by atoms with Crippen LogP contribution < -0.4 is 0 Å². The van der Waals surface area contributed by atoms with E-state index in [-0.39, 0.29) is 0 Å². The van der Waals surface area contributed by atoms with Crippen LogP contribution in [0.1, 0.15) is 0 Å². The highest BCUT2D eigenvalue weighted by molar-refractivity contribution is 7.26. The van der Waals surface area contributed by atoms with E-state index < -0.39 is 0 Å². The van der Waals surface area contributed by atoms with Gasteiger partial charge in [-0.05, 0) is 51.6 Å². The van der Waals surface area contributed by atoms with E-state index in [9.17, 15) is 0 Å². The van der Waals surface area contributed by atoms with Crippen LogP contribution in [0.4, 0.5) is 0 Å². The number of aromatic nitrogens is 3. The van der Waals surface area contributed by atoms with E-state index in [4.69, 9.17) is 15.0 Å². The summed E-state index contributed by atoms with van der Waals surface area (Å²) in [6, 6.07) is 79.6. The van der Waals surface area contributed by atoms with Crippen molar-refractivity contribution in [3.8, 4) is 78.5 Å². The predicted molar refractivity (Wildman–Crippen MR) is 266 cm³/mol. The van der Waals surface area contributed by atoms with Gasteiger partial charge < -0.3 is 0 Å². The normalized spacial score (nSPS) is 11.5. The number of fused-ring (bicyclic) bond motifs is 7. The number of rotatable bonds is 7. The molecule has 0 spiro atoms. The average molecular weight is 820 g/mol. The molecule has 63 heavy (non-hydrogen) atoms. The number of hydrogen-bond donors (Lipinski definition) is 0. The van der Waals surface area contributed by atoms with Crippen LogP contribution in [0.25, 0.3) is 120 Å². The van der Waals surface area contributed by atoms with E-state index in [1.54, 1.807) is 0 Å². The molecule has 0 aliphatic carbocycles. The quantitative estimate of drug-likeness (QED) is 0.150. The maximum absolute atomic E-state index is 5.22. The third-order valence-electron chi connectivity index (χ3n) is 12.1. The lowest BCUT2D eigenvalue weighted by atomic mass is 9.95. The fourth-order valence-electron chi connectivity index (χ4n) is 8.97. The van der Waals surface area contributed by atoms with Crippen molar-refractivity contribution in [2.75, 3.05) is 0 Å². The molecule has 3 nitrogen and oxygen atoms in total. The number of benzene rings is 9. The van der Waals surface area contributed by atoms with Crippen molar-refractivity contribution in [2.24, 2.45) is 0 Å². The van der Waals surface area contributed by atoms with Crippen molar-refractivity contribution in [1.82, 2.24) is 15.0 Å². The molecule has 0 N–H and O–H groups in total. The highest BCUT2D eigenvalue weighted by Crippen LogP contribution is 2.46. The van der Waals surface area contributed by atoms with Crippen LogP contribution in [0.2, 0.25) is 0 Å². The van der Waals surface area contributed by atoms with Crippen LogP contribution in [0.15, 0.2) is 224 Å². The van der Waals surface area contributed by atoms with Crippen molar-refractivity contribution in [3.63, 3.8) is 0 Å². The molecule has 0 bridgehead atoms. The second-order valence-corrected chi connectivity index (χ2v) is 17.0. The molecule has 12 rings (SSSR count). The summed E-state index contributed by atoms with van der Waals surface area (Å²) in [4.78, 5) is 15.6. The Bertz CT molecular complexity index is 3520. The van der Waals surface area contributed by atoms with Crippen LogP contribution in [0.3, 0.4) is 0 Å². The van der Waals surface area contributed by atoms with Gasteiger partial charge >= 0.3 is 0 Å². The molecule has 0 aliphatic heterocycles. The fraction of sp³-hybridized carbons (Fsp3) is 0. The van der Waals surface area contributed by atoms with Gasteiger partial charge in [0.1, 0.15) is 0 Å². The first-order valence-corrected chi connectivity index (χ1v) is 22.1. The summed E-state index contributed by atoms with van der Waals surface area (Å²) in [6.45, 7) is 0. The van der Waals surface area contributed by atoms with Crippen molar-refractivity contribution in [1.29, 1.82) is 0 Å². The standard InChI is InChI=1S/C59H37N3S/c1-4-13-38(14-5-1)40-23-29-43(30-24-40)52-37-53(62-59(61-52)46-33-25-41(26-34-46)39-15-6-2-7-16-39)44-31-27-42(28-32-44)47-20-12-21-50-56-54(63-58(47)50)36-35-49-55(56)48-19-10-11-22-51(48)60-57(49)45-17-8-3-9-18-45/h1-37H. The van der Waals surface area contributed by atoms with E-state index >= 15 is 0 Å². The van der Waals surface area contributed by atoms with Gasteiger partial charge in [0, 0.05) is 58.6 Å². The minimum atomic E-state index is 0.693. The Kier molecular flexibility index (Phi) is 9.02. The number of pyridine rings is 1. The second-order valence-electron chi connectivity index (χ2n) is 15.9. The number of hydrogen-bond acceptors (Lipinski definition) is 4. The number of nitrogens with zero attached hydrogens (tertiary/aromatic N) is 3. The first-order chi connectivity index (χ1) is 31.2. The molecule has 0 saturated heterocycles. The smallest absolute Gasteiger partial charge is 0.160 e. The lowest BCUT2D eigenvalue weighted by molar-refractivity contribution is 1.18. The minimum absolute atomic E-state index is 0.693. The molecule has 294 valence electrons. The monoisotopic (exact) mass is 819 g/mol. The topological polar surface area (TPSA) is 38.7 Å². The van der Waals surface area contributed by atoms with Crippen molar-refractivity contribution < 1.29 is 0 Å². The summed E-state index contributed by atoms with van der Waals surface area (Å²) in [5.74, 6) is 0.693. The number of thiophene rings is 1. The van der Waals surface area contributed by atoms with E-state index in [0.717, 1.165) is 50.4 Å². The highest BCUT2D eigenvalue weighted by Gasteiger charge is 2.19. The minimum Gasteiger partial charge on any atom is -0.247 e. The molecule has 0 unspecified atom stereocenters. The van der Waals surface area contributed by atoms with E-state index in [1.807, 2.05) is 23.5 Å². The van der Waals surface area contributed by atoms with Gasteiger partial charge in [-0.25, -0.2) is 15.0 Å². The maximum atomic E-state index is 5.22. The third kappa shape index (κ3) is 6.65. The van der Waals surface area contributed by atoms with Gasteiger partial charge in [-0.1, -0.05) is 206 Å². The zero-order chi connectivity index (χ0) is 41.7. The van der Waals surface area contributed by atoms with Crippen LogP contribution in [-0.4, -0.2) is 15.0 Å². The van der Waals surface area contributed by atoms with Crippen molar-refractivity contribution in [3.05, 3.63) is 224 Å². The second kappa shape index (κ2) is 15.4. The molecule has 0 fully saturated rings. The Morgan fingerprint density at radius 1 is 0.302 bits per heavy atom. The van der Waals surface area contributed by atoms with Crippen molar-refractivity contribution in [2.45, 2.75) is 0 Å². The van der Waals surface area contributed by atoms with Gasteiger partial charge in [-0.3, -0.25) is 0 Å². The molecule has 0 radical (unpaired) electrons. The molecule has 4 heteroatoms. The summed E-state index contributed by atoms with van der Waals surface area (Å²) >= 11 is 1.87. The summed E-state index contributed by atoms with van der Waals surface area (Å²) in [5.41, 5.74) is 15.0. The molecular weight excluding hydrogens is 783 g/mol. The third-order valence-corrected chi connectivity index (χ3v) is 13.3. The van der Waals surface area contributed by atoms with E-state index in [1.165, 1.54) is 64.1 Å². The summed E-state index contributed by atoms with van der Waals surface area (Å²) in [6.07, 6.45) is 0. The summed E-state index contributed by atoms with van der Waals surface area (Å²) < 4.78 is 2.55. The molecule has 12 aromatic rings. The first kappa shape index (κ1) is 36.8. The Hall–Kier alpha value is -8.05. The fourth-order valence-corrected chi connectivity index (χ4v) is 10.2. The molecule has 3 aromatic heterocycles. The zero-order valence-electron chi connectivity index (χ0n) is 34.1. The first-order valence-electron chi connectivity index (χ1n) is 21.3. The van der Waals surface area contributed by atoms with Crippen LogP contribution >= 0.6 is 11.3 Å². The van der Waals surface area contributed by atoms with Gasteiger partial charge in [0.2, 0.25) is 0 Å². The molecule has 0 saturated carbocycles. The van der Waals surface area contributed by atoms with Gasteiger partial charge in [0.05, 0.1) is 22.6 Å². The lowest BCUT2D eigenvalue weighted by Gasteiger charge is -2.12. The van der Waals surface area contributed by atoms with Crippen LogP contribution in [0, 0.1) is 0 Å². The van der Waals surface area contributed by atoms with Gasteiger partial charge in [0.25, 0.3) is 0 Å². The Morgan fingerprint density at radius 2 is 0.794 bits per heavy atom. The lowest BCUT2D eigenvalue weighted by Crippen LogP contribution is -1.96. The van der Waals surface area contributed by atoms with Crippen LogP contribution in [0.5, 0.6) is 0 Å². The van der Waals surface area contributed by atoms with Crippen molar-refractivity contribution >= 4 is 53.2 Å². The Labute approximate surface area is 369 Å². The molecule has 3 heterocycles. The Balaban J connectivity index is 0.959.